The lowest BCUT2D eigenvalue weighted by molar-refractivity contribution is -0.769. The van der Waals surface area contributed by atoms with E-state index in [1.54, 1.807) is 12.1 Å². The van der Waals surface area contributed by atoms with Gasteiger partial charge in [-0.2, -0.15) is 0 Å². The molecule has 1 amide bonds. The van der Waals surface area contributed by atoms with E-state index in [1.807, 2.05) is 26.0 Å². The summed E-state index contributed by atoms with van der Waals surface area (Å²) < 4.78 is 5.57. The predicted molar refractivity (Wildman–Crippen MR) is 110 cm³/mol. The molecule has 0 heterocycles. The molecule has 0 aliphatic heterocycles. The Morgan fingerprint density at radius 3 is 2.50 bits per heavy atom. The number of amides is 1. The van der Waals surface area contributed by atoms with Crippen molar-refractivity contribution in [2.75, 3.05) is 13.2 Å². The smallest absolute Gasteiger partial charge is 0.294 e. The number of aliphatic hydroxyl groups excluding tert-OH is 1. The van der Waals surface area contributed by atoms with Gasteiger partial charge in [0.15, 0.2) is 0 Å². The summed E-state index contributed by atoms with van der Waals surface area (Å²) in [5.74, 6) is 0.542. The quantitative estimate of drug-likeness (QED) is 0.289. The van der Waals surface area contributed by atoms with Gasteiger partial charge in [0.25, 0.3) is 5.09 Å². The fourth-order valence-electron chi connectivity index (χ4n) is 3.23. The molecule has 1 aromatic carbocycles. The van der Waals surface area contributed by atoms with Crippen LogP contribution in [0.5, 0.6) is 5.75 Å². The zero-order chi connectivity index (χ0) is 21.9. The van der Waals surface area contributed by atoms with Gasteiger partial charge in [-0.15, -0.1) is 10.1 Å². The summed E-state index contributed by atoms with van der Waals surface area (Å²) >= 11 is 0. The number of hydrogen-bond acceptors (Lipinski definition) is 8. The van der Waals surface area contributed by atoms with E-state index in [2.05, 4.69) is 21.0 Å². The van der Waals surface area contributed by atoms with E-state index >= 15 is 0 Å². The van der Waals surface area contributed by atoms with Crippen molar-refractivity contribution in [1.29, 1.82) is 0 Å². The highest BCUT2D eigenvalue weighted by molar-refractivity contribution is 5.78. The molecule has 1 fully saturated rings. The van der Waals surface area contributed by atoms with Crippen LogP contribution in [0.4, 0.5) is 0 Å². The Labute approximate surface area is 176 Å². The van der Waals surface area contributed by atoms with Crippen molar-refractivity contribution < 1.29 is 24.6 Å². The molecular weight excluding hydrogens is 392 g/mol. The van der Waals surface area contributed by atoms with Crippen LogP contribution in [0.25, 0.3) is 0 Å². The van der Waals surface area contributed by atoms with Crippen molar-refractivity contribution in [1.82, 2.24) is 16.2 Å². The van der Waals surface area contributed by atoms with Crippen molar-refractivity contribution in [3.05, 3.63) is 39.9 Å². The molecule has 30 heavy (non-hydrogen) atoms. The summed E-state index contributed by atoms with van der Waals surface area (Å²) in [7, 11) is 0. The van der Waals surface area contributed by atoms with Gasteiger partial charge in [0, 0.05) is 18.6 Å². The summed E-state index contributed by atoms with van der Waals surface area (Å²) in [6.45, 7) is 4.53. The first-order chi connectivity index (χ1) is 14.3. The third kappa shape index (κ3) is 9.38. The van der Waals surface area contributed by atoms with Crippen molar-refractivity contribution in [3.8, 4) is 5.75 Å². The molecule has 1 unspecified atom stereocenters. The first-order valence-corrected chi connectivity index (χ1v) is 10.3. The van der Waals surface area contributed by atoms with Crippen LogP contribution in [0.2, 0.25) is 0 Å². The fourth-order valence-corrected chi connectivity index (χ4v) is 3.23. The van der Waals surface area contributed by atoms with Crippen LogP contribution in [0.3, 0.4) is 0 Å². The molecule has 168 valence electrons. The van der Waals surface area contributed by atoms with E-state index in [9.17, 15) is 20.0 Å². The molecule has 0 spiro atoms. The highest BCUT2D eigenvalue weighted by Gasteiger charge is 2.24. The molecule has 1 saturated carbocycles. The monoisotopic (exact) mass is 424 g/mol. The number of aliphatic hydroxyl groups is 1. The van der Waals surface area contributed by atoms with Gasteiger partial charge in [0.2, 0.25) is 5.91 Å². The number of carbonyl (C=O) groups excluding carboxylic acids is 1. The maximum Gasteiger partial charge on any atom is 0.294 e. The molecule has 4 N–H and O–H groups in total. The summed E-state index contributed by atoms with van der Waals surface area (Å²) in [5.41, 5.74) is 6.79. The molecule has 1 atom stereocenters. The second kappa shape index (κ2) is 12.3. The Hall–Kier alpha value is -2.43. The van der Waals surface area contributed by atoms with Gasteiger partial charge in [-0.05, 0) is 57.2 Å². The maximum absolute atomic E-state index is 12.3. The minimum Gasteiger partial charge on any atom is -0.491 e. The van der Waals surface area contributed by atoms with Crippen LogP contribution in [0, 0.1) is 10.1 Å². The minimum absolute atomic E-state index is 0.0204. The predicted octanol–water partition coefficient (Wildman–Crippen LogP) is 1.11. The molecule has 1 aromatic rings. The Bertz CT molecular complexity index is 662. The first kappa shape index (κ1) is 23.8. The molecule has 1 aliphatic rings. The fraction of sp³-hybridized carbons (Fsp3) is 0.650. The molecule has 0 radical (unpaired) electrons. The largest absolute Gasteiger partial charge is 0.491 e. The van der Waals surface area contributed by atoms with Crippen molar-refractivity contribution in [3.63, 3.8) is 0 Å². The van der Waals surface area contributed by atoms with Gasteiger partial charge in [0.1, 0.15) is 24.6 Å². The van der Waals surface area contributed by atoms with Crippen LogP contribution in [0.15, 0.2) is 24.3 Å². The average Bonchev–Trinajstić information content (AvgIpc) is 2.68. The number of carbonyl (C=O) groups is 1. The molecule has 10 heteroatoms. The van der Waals surface area contributed by atoms with E-state index in [1.165, 1.54) is 0 Å². The number of hydrogen-bond donors (Lipinski definition) is 4. The van der Waals surface area contributed by atoms with Crippen LogP contribution < -0.4 is 20.9 Å². The molecule has 1 aliphatic carbocycles. The van der Waals surface area contributed by atoms with Gasteiger partial charge in [-0.1, -0.05) is 12.1 Å². The van der Waals surface area contributed by atoms with Crippen LogP contribution in [0.1, 0.15) is 45.1 Å². The summed E-state index contributed by atoms with van der Waals surface area (Å²) in [6, 6.07) is 7.49. The van der Waals surface area contributed by atoms with Crippen LogP contribution in [-0.4, -0.2) is 53.5 Å². The second-order valence-corrected chi connectivity index (χ2v) is 7.84. The van der Waals surface area contributed by atoms with E-state index < -0.39 is 11.2 Å². The minimum atomic E-state index is -0.751. The highest BCUT2D eigenvalue weighted by atomic mass is 17.0. The number of benzene rings is 1. The van der Waals surface area contributed by atoms with Crippen molar-refractivity contribution >= 4 is 5.91 Å². The molecule has 0 bridgehead atoms. The highest BCUT2D eigenvalue weighted by Crippen LogP contribution is 2.21. The Kier molecular flexibility index (Phi) is 9.78. The zero-order valence-electron chi connectivity index (χ0n) is 17.5. The summed E-state index contributed by atoms with van der Waals surface area (Å²) in [4.78, 5) is 27.2. The zero-order valence-corrected chi connectivity index (χ0v) is 17.5. The number of nitrogens with zero attached hydrogens (tertiary/aromatic N) is 1. The third-order valence-corrected chi connectivity index (χ3v) is 4.73. The van der Waals surface area contributed by atoms with Gasteiger partial charge in [0.05, 0.1) is 6.42 Å². The number of nitrogens with one attached hydrogen (secondary N) is 3. The Morgan fingerprint density at radius 2 is 1.90 bits per heavy atom. The van der Waals surface area contributed by atoms with Crippen LogP contribution >= 0.6 is 0 Å². The SMILES string of the molecule is CC(C)NNCC(O)COc1ccc(CC(=O)N[C@H]2CC[C@@H](O[N+](=O)[O-])CC2)cc1. The normalized spacial score (nSPS) is 19.9. The van der Waals surface area contributed by atoms with E-state index in [0.717, 1.165) is 5.56 Å². The van der Waals surface area contributed by atoms with Gasteiger partial charge in [-0.25, -0.2) is 0 Å². The van der Waals surface area contributed by atoms with Crippen molar-refractivity contribution in [2.24, 2.45) is 0 Å². The van der Waals surface area contributed by atoms with E-state index in [-0.39, 0.29) is 37.1 Å². The summed E-state index contributed by atoms with van der Waals surface area (Å²) in [5, 5.41) is 22.5. The number of rotatable bonds is 12. The average molecular weight is 424 g/mol. The molecule has 0 aromatic heterocycles. The first-order valence-electron chi connectivity index (χ1n) is 10.3. The second-order valence-electron chi connectivity index (χ2n) is 7.84. The standard InChI is InChI=1S/C20H32N4O6/c1-14(2)23-21-12-17(25)13-29-18-7-3-15(4-8-18)11-20(26)22-16-5-9-19(10-6-16)30-24(27)28/h3-4,7-8,14,16-17,19,21,23,25H,5-6,9-13H2,1-2H3,(H,22,26)/t16-,17?,19+. The number of ether oxygens (including phenoxy) is 1. The molecular formula is C20H32N4O6. The maximum atomic E-state index is 12.3. The topological polar surface area (TPSA) is 135 Å². The molecule has 2 rings (SSSR count). The third-order valence-electron chi connectivity index (χ3n) is 4.73. The lowest BCUT2D eigenvalue weighted by Crippen LogP contribution is -2.43. The van der Waals surface area contributed by atoms with Crippen LogP contribution in [-0.2, 0) is 16.1 Å². The number of hydrazine groups is 1. The summed E-state index contributed by atoms with van der Waals surface area (Å²) in [6.07, 6.45) is 1.69. The van der Waals surface area contributed by atoms with Gasteiger partial charge < -0.3 is 20.0 Å². The Balaban J connectivity index is 1.66. The van der Waals surface area contributed by atoms with Crippen molar-refractivity contribution in [2.45, 2.75) is 70.2 Å². The molecule has 10 nitrogen and oxygen atoms in total. The van der Waals surface area contributed by atoms with E-state index in [4.69, 9.17) is 4.74 Å². The van der Waals surface area contributed by atoms with Gasteiger partial charge >= 0.3 is 0 Å². The Morgan fingerprint density at radius 1 is 1.23 bits per heavy atom. The van der Waals surface area contributed by atoms with E-state index in [0.29, 0.717) is 38.0 Å². The lowest BCUT2D eigenvalue weighted by Gasteiger charge is -2.27. The van der Waals surface area contributed by atoms with Gasteiger partial charge in [-0.3, -0.25) is 15.6 Å². The molecule has 0 saturated heterocycles. The lowest BCUT2D eigenvalue weighted by atomic mass is 9.93.